The number of ether oxygens (including phenoxy) is 1. The summed E-state index contributed by atoms with van der Waals surface area (Å²) in [7, 11) is 0. The number of morpholine rings is 1. The molecule has 1 saturated heterocycles. The van der Waals surface area contributed by atoms with Gasteiger partial charge in [0, 0.05) is 34.7 Å². The van der Waals surface area contributed by atoms with E-state index < -0.39 is 0 Å². The molecule has 6 heteroatoms. The first-order valence-corrected chi connectivity index (χ1v) is 11.4. The number of carbonyl (C=O) groups excluding carboxylic acids is 1. The van der Waals surface area contributed by atoms with Gasteiger partial charge in [-0.25, -0.2) is 4.98 Å². The molecule has 0 unspecified atom stereocenters. The maximum absolute atomic E-state index is 12.5. The molecule has 1 aromatic heterocycles. The van der Waals surface area contributed by atoms with Crippen molar-refractivity contribution in [1.82, 2.24) is 9.88 Å². The molecule has 0 atom stereocenters. The van der Waals surface area contributed by atoms with Gasteiger partial charge in [0.2, 0.25) is 5.91 Å². The van der Waals surface area contributed by atoms with Crippen LogP contribution in [-0.4, -0.2) is 48.6 Å². The minimum absolute atomic E-state index is 0.0256. The Morgan fingerprint density at radius 3 is 2.55 bits per heavy atom. The number of carbonyl (C=O) groups is 1. The normalized spacial score (nSPS) is 14.3. The number of amides is 1. The van der Waals surface area contributed by atoms with Crippen molar-refractivity contribution in [3.8, 4) is 22.4 Å². The van der Waals surface area contributed by atoms with E-state index in [1.807, 2.05) is 66.7 Å². The van der Waals surface area contributed by atoms with E-state index in [-0.39, 0.29) is 5.91 Å². The van der Waals surface area contributed by atoms with Crippen molar-refractivity contribution in [3.05, 3.63) is 83.9 Å². The lowest BCUT2D eigenvalue weighted by Gasteiger charge is -2.25. The molecule has 1 fully saturated rings. The highest BCUT2D eigenvalue weighted by atomic mass is 35.5. The van der Waals surface area contributed by atoms with E-state index in [2.05, 4.69) is 22.3 Å². The molecule has 0 bridgehead atoms. The van der Waals surface area contributed by atoms with E-state index >= 15 is 0 Å². The first kappa shape index (κ1) is 21.6. The Hall–Kier alpha value is -3.25. The number of para-hydroxylation sites is 1. The van der Waals surface area contributed by atoms with Crippen LogP contribution in [0.5, 0.6) is 0 Å². The lowest BCUT2D eigenvalue weighted by atomic mass is 9.98. The predicted molar refractivity (Wildman–Crippen MR) is 134 cm³/mol. The highest BCUT2D eigenvalue weighted by molar-refractivity contribution is 6.30. The Bertz CT molecular complexity index is 1280. The number of hydrogen-bond donors (Lipinski definition) is 1. The Labute approximate surface area is 198 Å². The Balaban J connectivity index is 1.45. The number of benzene rings is 3. The maximum Gasteiger partial charge on any atom is 0.238 e. The van der Waals surface area contributed by atoms with Crippen molar-refractivity contribution in [2.24, 2.45) is 0 Å². The number of nitrogens with zero attached hydrogens (tertiary/aromatic N) is 2. The second-order valence-electron chi connectivity index (χ2n) is 8.10. The summed E-state index contributed by atoms with van der Waals surface area (Å²) in [5.41, 5.74) is 5.64. The molecule has 1 aliphatic rings. The van der Waals surface area contributed by atoms with Crippen molar-refractivity contribution in [2.45, 2.75) is 0 Å². The summed E-state index contributed by atoms with van der Waals surface area (Å²) in [4.78, 5) is 19.6. The van der Waals surface area contributed by atoms with Crippen molar-refractivity contribution in [2.75, 3.05) is 38.2 Å². The molecule has 0 radical (unpaired) electrons. The van der Waals surface area contributed by atoms with E-state index in [1.165, 1.54) is 0 Å². The maximum atomic E-state index is 12.5. The summed E-state index contributed by atoms with van der Waals surface area (Å²) in [6.07, 6.45) is 0. The fraction of sp³-hybridized carbons (Fsp3) is 0.185. The van der Waals surface area contributed by atoms with Crippen LogP contribution in [0.1, 0.15) is 0 Å². The van der Waals surface area contributed by atoms with Gasteiger partial charge in [-0.2, -0.15) is 0 Å². The van der Waals surface area contributed by atoms with E-state index in [0.29, 0.717) is 24.8 Å². The van der Waals surface area contributed by atoms with E-state index in [9.17, 15) is 4.79 Å². The van der Waals surface area contributed by atoms with Crippen LogP contribution in [0.15, 0.2) is 78.9 Å². The lowest BCUT2D eigenvalue weighted by molar-refractivity contribution is -0.118. The zero-order valence-corrected chi connectivity index (χ0v) is 18.9. The summed E-state index contributed by atoms with van der Waals surface area (Å²) in [5, 5.41) is 4.81. The van der Waals surface area contributed by atoms with Crippen LogP contribution in [0.4, 0.5) is 5.69 Å². The van der Waals surface area contributed by atoms with Crippen LogP contribution in [0, 0.1) is 0 Å². The van der Waals surface area contributed by atoms with Gasteiger partial charge in [-0.3, -0.25) is 9.69 Å². The van der Waals surface area contributed by atoms with Crippen molar-refractivity contribution < 1.29 is 9.53 Å². The summed E-state index contributed by atoms with van der Waals surface area (Å²) in [6.45, 7) is 3.27. The van der Waals surface area contributed by atoms with Gasteiger partial charge in [0.1, 0.15) is 0 Å². The van der Waals surface area contributed by atoms with Gasteiger partial charge in [0.15, 0.2) is 0 Å². The third-order valence-corrected chi connectivity index (χ3v) is 6.04. The summed E-state index contributed by atoms with van der Waals surface area (Å²) in [6, 6.07) is 25.9. The fourth-order valence-electron chi connectivity index (χ4n) is 4.11. The van der Waals surface area contributed by atoms with Crippen LogP contribution in [0.3, 0.4) is 0 Å². The number of aromatic nitrogens is 1. The number of fused-ring (bicyclic) bond motifs is 1. The monoisotopic (exact) mass is 457 g/mol. The SMILES string of the molecule is O=C(CN1CCOCC1)Nc1cccc(-c2cc(-c3ccc(Cl)cc3)c3ccccc3n2)c1. The van der Waals surface area contributed by atoms with Crippen LogP contribution < -0.4 is 5.32 Å². The van der Waals surface area contributed by atoms with E-state index in [4.69, 9.17) is 21.3 Å². The van der Waals surface area contributed by atoms with Gasteiger partial charge in [-0.1, -0.05) is 54.1 Å². The third-order valence-electron chi connectivity index (χ3n) is 5.78. The highest BCUT2D eigenvalue weighted by Gasteiger charge is 2.15. The number of anilines is 1. The van der Waals surface area contributed by atoms with Crippen molar-refractivity contribution in [3.63, 3.8) is 0 Å². The van der Waals surface area contributed by atoms with E-state index in [1.54, 1.807) is 0 Å². The van der Waals surface area contributed by atoms with Gasteiger partial charge in [0.25, 0.3) is 0 Å². The largest absolute Gasteiger partial charge is 0.379 e. The van der Waals surface area contributed by atoms with Gasteiger partial charge in [-0.05, 0) is 47.5 Å². The minimum Gasteiger partial charge on any atom is -0.379 e. The first-order valence-electron chi connectivity index (χ1n) is 11.0. The molecule has 3 aromatic carbocycles. The lowest BCUT2D eigenvalue weighted by Crippen LogP contribution is -2.41. The van der Waals surface area contributed by atoms with E-state index in [0.717, 1.165) is 52.1 Å². The highest BCUT2D eigenvalue weighted by Crippen LogP contribution is 2.33. The molecule has 33 heavy (non-hydrogen) atoms. The molecule has 1 amide bonds. The predicted octanol–water partition coefficient (Wildman–Crippen LogP) is 5.49. The Kier molecular flexibility index (Phi) is 6.35. The molecule has 2 heterocycles. The quantitative estimate of drug-likeness (QED) is 0.430. The fourth-order valence-corrected chi connectivity index (χ4v) is 4.24. The minimum atomic E-state index is -0.0256. The number of halogens is 1. The number of rotatable bonds is 5. The van der Waals surface area contributed by atoms with Gasteiger partial charge in [0.05, 0.1) is 31.0 Å². The third kappa shape index (κ3) is 5.06. The Morgan fingerprint density at radius 1 is 0.939 bits per heavy atom. The second-order valence-corrected chi connectivity index (χ2v) is 8.53. The second kappa shape index (κ2) is 9.71. The average Bonchev–Trinajstić information content (AvgIpc) is 2.84. The molecular formula is C27H24ClN3O2. The van der Waals surface area contributed by atoms with Gasteiger partial charge >= 0.3 is 0 Å². The molecular weight excluding hydrogens is 434 g/mol. The summed E-state index contributed by atoms with van der Waals surface area (Å²) in [5.74, 6) is -0.0256. The van der Waals surface area contributed by atoms with Crippen LogP contribution in [0.2, 0.25) is 5.02 Å². The van der Waals surface area contributed by atoms with Crippen molar-refractivity contribution >= 4 is 34.1 Å². The smallest absolute Gasteiger partial charge is 0.238 e. The molecule has 1 N–H and O–H groups in total. The first-order chi connectivity index (χ1) is 16.2. The molecule has 4 aromatic rings. The summed E-state index contributed by atoms with van der Waals surface area (Å²) < 4.78 is 5.36. The number of hydrogen-bond acceptors (Lipinski definition) is 4. The Morgan fingerprint density at radius 2 is 1.73 bits per heavy atom. The number of nitrogens with one attached hydrogen (secondary N) is 1. The van der Waals surface area contributed by atoms with Gasteiger partial charge < -0.3 is 10.1 Å². The number of pyridine rings is 1. The molecule has 5 nitrogen and oxygen atoms in total. The summed E-state index contributed by atoms with van der Waals surface area (Å²) >= 11 is 6.11. The topological polar surface area (TPSA) is 54.5 Å². The zero-order valence-electron chi connectivity index (χ0n) is 18.1. The molecule has 0 aliphatic carbocycles. The van der Waals surface area contributed by atoms with Crippen LogP contribution in [0.25, 0.3) is 33.3 Å². The molecule has 5 rings (SSSR count). The van der Waals surface area contributed by atoms with Gasteiger partial charge in [-0.15, -0.1) is 0 Å². The zero-order chi connectivity index (χ0) is 22.6. The molecule has 0 spiro atoms. The standard InChI is InChI=1S/C27H24ClN3O2/c28-21-10-8-19(9-11-21)24-17-26(30-25-7-2-1-6-23(24)25)20-4-3-5-22(16-20)29-27(32)18-31-12-14-33-15-13-31/h1-11,16-17H,12-15,18H2,(H,29,32). The molecule has 1 aliphatic heterocycles. The van der Waals surface area contributed by atoms with Crippen molar-refractivity contribution in [1.29, 1.82) is 0 Å². The molecule has 166 valence electrons. The average molecular weight is 458 g/mol. The van der Waals surface area contributed by atoms with Crippen LogP contribution >= 0.6 is 11.6 Å². The molecule has 0 saturated carbocycles. The van der Waals surface area contributed by atoms with Crippen LogP contribution in [-0.2, 0) is 9.53 Å².